The monoisotopic (exact) mass is 349 g/mol. The molecule has 2 atom stereocenters. The number of nitrogens with zero attached hydrogens (tertiary/aromatic N) is 5. The van der Waals surface area contributed by atoms with E-state index in [1.54, 1.807) is 29.9 Å². The van der Waals surface area contributed by atoms with Crippen LogP contribution in [0.25, 0.3) is 0 Å². The van der Waals surface area contributed by atoms with Gasteiger partial charge >= 0.3 is 0 Å². The van der Waals surface area contributed by atoms with Crippen molar-refractivity contribution >= 4 is 5.91 Å². The van der Waals surface area contributed by atoms with Crippen LogP contribution < -0.4 is 0 Å². The summed E-state index contributed by atoms with van der Waals surface area (Å²) in [6, 6.07) is 1.81. The summed E-state index contributed by atoms with van der Waals surface area (Å²) in [5.41, 5.74) is 2.09. The first-order valence-corrected chi connectivity index (χ1v) is 8.39. The number of likely N-dealkylation sites (N-methyl/N-ethyl adjacent to an activating group) is 1. The first kappa shape index (κ1) is 17.6. The van der Waals surface area contributed by atoms with Crippen LogP contribution in [-0.2, 0) is 13.6 Å². The Hall–Kier alpha value is -2.22. The van der Waals surface area contributed by atoms with Crippen LogP contribution in [0.1, 0.15) is 33.9 Å². The average molecular weight is 349 g/mol. The third kappa shape index (κ3) is 3.89. The lowest BCUT2D eigenvalue weighted by Gasteiger charge is -2.27. The van der Waals surface area contributed by atoms with Crippen molar-refractivity contribution in [3.05, 3.63) is 35.0 Å². The maximum absolute atomic E-state index is 14.0. The van der Waals surface area contributed by atoms with Gasteiger partial charge in [-0.1, -0.05) is 5.16 Å². The summed E-state index contributed by atoms with van der Waals surface area (Å²) in [5, 5.41) is 8.09. The van der Waals surface area contributed by atoms with Gasteiger partial charge in [-0.05, 0) is 20.3 Å². The van der Waals surface area contributed by atoms with Gasteiger partial charge in [0.25, 0.3) is 5.91 Å². The molecular formula is C17H24FN5O2. The molecule has 1 aliphatic rings. The van der Waals surface area contributed by atoms with Crippen LogP contribution >= 0.6 is 0 Å². The van der Waals surface area contributed by atoms with Crippen molar-refractivity contribution in [1.82, 2.24) is 24.7 Å². The Balaban J connectivity index is 1.67. The number of aromatic nitrogens is 3. The molecule has 136 valence electrons. The normalized spacial score (nSPS) is 21.0. The van der Waals surface area contributed by atoms with Crippen molar-refractivity contribution in [2.75, 3.05) is 20.1 Å². The van der Waals surface area contributed by atoms with Gasteiger partial charge in [0.2, 0.25) is 0 Å². The second-order valence-corrected chi connectivity index (χ2v) is 6.84. The number of halogens is 1. The van der Waals surface area contributed by atoms with E-state index in [4.69, 9.17) is 4.52 Å². The van der Waals surface area contributed by atoms with Crippen molar-refractivity contribution < 1.29 is 13.7 Å². The van der Waals surface area contributed by atoms with E-state index in [1.165, 1.54) is 0 Å². The molecule has 1 fully saturated rings. The lowest BCUT2D eigenvalue weighted by atomic mass is 10.1. The molecular weight excluding hydrogens is 325 g/mol. The molecule has 0 aromatic carbocycles. The van der Waals surface area contributed by atoms with Gasteiger partial charge in [-0.25, -0.2) is 4.39 Å². The molecule has 1 amide bonds. The molecule has 0 spiro atoms. The maximum Gasteiger partial charge on any atom is 0.257 e. The topological polar surface area (TPSA) is 67.4 Å². The fourth-order valence-electron chi connectivity index (χ4n) is 3.41. The Kier molecular flexibility index (Phi) is 4.89. The van der Waals surface area contributed by atoms with Gasteiger partial charge < -0.3 is 9.42 Å². The molecule has 2 aromatic heterocycles. The highest BCUT2D eigenvalue weighted by Gasteiger charge is 2.34. The fraction of sp³-hybridized carbons (Fsp3) is 0.588. The lowest BCUT2D eigenvalue weighted by molar-refractivity contribution is 0.0745. The zero-order valence-corrected chi connectivity index (χ0v) is 15.1. The van der Waals surface area contributed by atoms with Crippen LogP contribution in [0.2, 0.25) is 0 Å². The van der Waals surface area contributed by atoms with Gasteiger partial charge in [0.1, 0.15) is 6.17 Å². The summed E-state index contributed by atoms with van der Waals surface area (Å²) >= 11 is 0. The third-order valence-electron chi connectivity index (χ3n) is 4.59. The van der Waals surface area contributed by atoms with Gasteiger partial charge in [0, 0.05) is 45.5 Å². The standard InChI is InChI=1S/C17H24FN5O2/c1-11-5-15(25-20-11)9-23-7-13(18)6-14(23)8-21(3)17(24)16-10-22(4)19-12(16)2/h5,10,13-14H,6-9H2,1-4H3/t13-,14-/m0/s1. The van der Waals surface area contributed by atoms with E-state index >= 15 is 0 Å². The minimum Gasteiger partial charge on any atom is -0.360 e. The van der Waals surface area contributed by atoms with Gasteiger partial charge in [0.05, 0.1) is 23.5 Å². The van der Waals surface area contributed by atoms with E-state index in [2.05, 4.69) is 10.3 Å². The molecule has 25 heavy (non-hydrogen) atoms. The van der Waals surface area contributed by atoms with Gasteiger partial charge in [-0.2, -0.15) is 5.10 Å². The highest BCUT2D eigenvalue weighted by atomic mass is 19.1. The van der Waals surface area contributed by atoms with Crippen molar-refractivity contribution in [2.24, 2.45) is 7.05 Å². The number of hydrogen-bond acceptors (Lipinski definition) is 5. The molecule has 0 radical (unpaired) electrons. The lowest BCUT2D eigenvalue weighted by Crippen LogP contribution is -2.41. The summed E-state index contributed by atoms with van der Waals surface area (Å²) in [6.45, 7) is 4.97. The molecule has 0 N–H and O–H groups in total. The first-order valence-electron chi connectivity index (χ1n) is 8.39. The van der Waals surface area contributed by atoms with Crippen LogP contribution in [0.15, 0.2) is 16.8 Å². The Labute approximate surface area is 146 Å². The molecule has 1 aliphatic heterocycles. The minimum atomic E-state index is -0.891. The first-order chi connectivity index (χ1) is 11.8. The van der Waals surface area contributed by atoms with Crippen molar-refractivity contribution in [3.8, 4) is 0 Å². The number of rotatable bonds is 5. The van der Waals surface area contributed by atoms with E-state index in [9.17, 15) is 9.18 Å². The molecule has 8 heteroatoms. The number of carbonyl (C=O) groups excluding carboxylic acids is 1. The van der Waals surface area contributed by atoms with Gasteiger partial charge in [0.15, 0.2) is 5.76 Å². The van der Waals surface area contributed by atoms with Crippen LogP contribution in [-0.4, -0.2) is 63.0 Å². The molecule has 3 heterocycles. The molecule has 1 saturated heterocycles. The van der Waals surface area contributed by atoms with Gasteiger partial charge in [-0.15, -0.1) is 0 Å². The predicted molar refractivity (Wildman–Crippen MR) is 89.9 cm³/mol. The zero-order valence-electron chi connectivity index (χ0n) is 15.1. The molecule has 7 nitrogen and oxygen atoms in total. The SMILES string of the molecule is Cc1cc(CN2C[C@@H](F)C[C@H]2CN(C)C(=O)c2cn(C)nc2C)on1. The summed E-state index contributed by atoms with van der Waals surface area (Å²) in [5.74, 6) is 0.622. The van der Waals surface area contributed by atoms with Crippen LogP contribution in [0.4, 0.5) is 4.39 Å². The van der Waals surface area contributed by atoms with E-state index in [0.29, 0.717) is 43.1 Å². The zero-order chi connectivity index (χ0) is 18.1. The molecule has 3 rings (SSSR count). The Bertz CT molecular complexity index is 756. The molecule has 0 bridgehead atoms. The van der Waals surface area contributed by atoms with Crippen molar-refractivity contribution in [1.29, 1.82) is 0 Å². The molecule has 0 unspecified atom stereocenters. The largest absolute Gasteiger partial charge is 0.360 e. The summed E-state index contributed by atoms with van der Waals surface area (Å²) in [7, 11) is 3.53. The number of carbonyl (C=O) groups is 1. The van der Waals surface area contributed by atoms with Crippen molar-refractivity contribution in [3.63, 3.8) is 0 Å². The fourth-order valence-corrected chi connectivity index (χ4v) is 3.41. The second kappa shape index (κ2) is 6.95. The predicted octanol–water partition coefficient (Wildman–Crippen LogP) is 1.71. The third-order valence-corrected chi connectivity index (χ3v) is 4.59. The van der Waals surface area contributed by atoms with E-state index in [0.717, 1.165) is 5.69 Å². The van der Waals surface area contributed by atoms with Crippen LogP contribution in [0.5, 0.6) is 0 Å². The number of amides is 1. The highest BCUT2D eigenvalue weighted by Crippen LogP contribution is 2.24. The van der Waals surface area contributed by atoms with Gasteiger partial charge in [-0.3, -0.25) is 14.4 Å². The smallest absolute Gasteiger partial charge is 0.257 e. The summed E-state index contributed by atoms with van der Waals surface area (Å²) in [4.78, 5) is 16.3. The van der Waals surface area contributed by atoms with E-state index in [-0.39, 0.29) is 11.9 Å². The Morgan fingerprint density at radius 3 is 2.84 bits per heavy atom. The molecule has 2 aromatic rings. The minimum absolute atomic E-state index is 0.0497. The van der Waals surface area contributed by atoms with E-state index < -0.39 is 6.17 Å². The highest BCUT2D eigenvalue weighted by molar-refractivity contribution is 5.94. The maximum atomic E-state index is 14.0. The molecule has 0 saturated carbocycles. The molecule has 0 aliphatic carbocycles. The number of hydrogen-bond donors (Lipinski definition) is 0. The average Bonchev–Trinajstić information content (AvgIpc) is 3.19. The van der Waals surface area contributed by atoms with Crippen LogP contribution in [0.3, 0.4) is 0 Å². The Morgan fingerprint density at radius 2 is 2.24 bits per heavy atom. The van der Waals surface area contributed by atoms with Crippen LogP contribution in [0, 0.1) is 13.8 Å². The van der Waals surface area contributed by atoms with Crippen molar-refractivity contribution in [2.45, 2.75) is 39.0 Å². The summed E-state index contributed by atoms with van der Waals surface area (Å²) in [6.07, 6.45) is 1.24. The number of likely N-dealkylation sites (tertiary alicyclic amines) is 1. The number of aryl methyl sites for hydroxylation is 3. The number of alkyl halides is 1. The summed E-state index contributed by atoms with van der Waals surface area (Å²) < 4.78 is 20.8. The Morgan fingerprint density at radius 1 is 1.48 bits per heavy atom. The van der Waals surface area contributed by atoms with E-state index in [1.807, 2.05) is 24.8 Å². The quantitative estimate of drug-likeness (QED) is 0.822. The second-order valence-electron chi connectivity index (χ2n) is 6.84.